The van der Waals surface area contributed by atoms with Gasteiger partial charge in [0.25, 0.3) is 0 Å². The molecule has 0 amide bonds. The number of hydrogen-bond acceptors (Lipinski definition) is 3. The van der Waals surface area contributed by atoms with Crippen molar-refractivity contribution in [2.75, 3.05) is 0 Å². The standard InChI is InChI=1S/C28H46O3/c1-3-4-5-6-7-8-9-10-27(30)31-26-16-15-25-24-13-11-20-19-21(29)12-14-22(20)23(24)17-18-28(25,26)2/h20,22-26H,3-19H2,1-2H3/t20-,22-,23+,24+,25-,26-,28-/m0/s1. The van der Waals surface area contributed by atoms with E-state index in [9.17, 15) is 9.59 Å². The maximum Gasteiger partial charge on any atom is 0.306 e. The maximum absolute atomic E-state index is 12.6. The molecule has 0 aromatic heterocycles. The number of carbonyl (C=O) groups excluding carboxylic acids is 2. The highest BCUT2D eigenvalue weighted by Crippen LogP contribution is 2.62. The highest BCUT2D eigenvalue weighted by Gasteiger charge is 2.58. The van der Waals surface area contributed by atoms with E-state index in [0.29, 0.717) is 18.1 Å². The average Bonchev–Trinajstić information content (AvgIpc) is 3.09. The van der Waals surface area contributed by atoms with Gasteiger partial charge in [0, 0.05) is 24.7 Å². The minimum atomic E-state index is 0.0528. The Morgan fingerprint density at radius 3 is 2.48 bits per heavy atom. The van der Waals surface area contributed by atoms with Gasteiger partial charge in [-0.1, -0.05) is 52.4 Å². The maximum atomic E-state index is 12.6. The van der Waals surface area contributed by atoms with Crippen molar-refractivity contribution in [2.24, 2.45) is 35.0 Å². The van der Waals surface area contributed by atoms with Gasteiger partial charge in [0.2, 0.25) is 0 Å². The highest BCUT2D eigenvalue weighted by atomic mass is 16.5. The number of unbranched alkanes of at least 4 members (excludes halogenated alkanes) is 6. The Balaban J connectivity index is 1.26. The highest BCUT2D eigenvalue weighted by molar-refractivity contribution is 5.79. The summed E-state index contributed by atoms with van der Waals surface area (Å²) in [4.78, 5) is 24.6. The van der Waals surface area contributed by atoms with E-state index < -0.39 is 0 Å². The average molecular weight is 431 g/mol. The second-order valence-electron chi connectivity index (χ2n) is 11.7. The van der Waals surface area contributed by atoms with E-state index in [1.807, 2.05) is 0 Å². The van der Waals surface area contributed by atoms with Gasteiger partial charge in [0.05, 0.1) is 0 Å². The zero-order chi connectivity index (χ0) is 21.8. The molecule has 31 heavy (non-hydrogen) atoms. The molecule has 7 atom stereocenters. The Kier molecular flexibility index (Phi) is 7.81. The molecule has 3 nitrogen and oxygen atoms in total. The summed E-state index contributed by atoms with van der Waals surface area (Å²) in [5.74, 6) is 4.38. The molecule has 0 heterocycles. The topological polar surface area (TPSA) is 43.4 Å². The van der Waals surface area contributed by atoms with Crippen molar-refractivity contribution in [3.8, 4) is 0 Å². The third-order valence-corrected chi connectivity index (χ3v) is 9.94. The van der Waals surface area contributed by atoms with Gasteiger partial charge in [-0.25, -0.2) is 0 Å². The van der Waals surface area contributed by atoms with Crippen molar-refractivity contribution in [3.05, 3.63) is 0 Å². The van der Waals surface area contributed by atoms with Crippen LogP contribution in [0.4, 0.5) is 0 Å². The number of hydrogen-bond donors (Lipinski definition) is 0. The number of ketones is 1. The molecule has 4 fully saturated rings. The van der Waals surface area contributed by atoms with Crippen LogP contribution < -0.4 is 0 Å². The van der Waals surface area contributed by atoms with Gasteiger partial charge in [-0.3, -0.25) is 9.59 Å². The van der Waals surface area contributed by atoms with Crippen molar-refractivity contribution >= 4 is 11.8 Å². The van der Waals surface area contributed by atoms with Crippen molar-refractivity contribution in [2.45, 2.75) is 129 Å². The van der Waals surface area contributed by atoms with E-state index in [4.69, 9.17) is 4.74 Å². The Morgan fingerprint density at radius 2 is 1.68 bits per heavy atom. The van der Waals surface area contributed by atoms with Crippen LogP contribution in [0.15, 0.2) is 0 Å². The molecule has 4 aliphatic carbocycles. The molecule has 0 aromatic carbocycles. The lowest BCUT2D eigenvalue weighted by Gasteiger charge is -2.55. The molecular weight excluding hydrogens is 384 g/mol. The summed E-state index contributed by atoms with van der Waals surface area (Å²) < 4.78 is 6.15. The third-order valence-electron chi connectivity index (χ3n) is 9.94. The van der Waals surface area contributed by atoms with E-state index in [2.05, 4.69) is 13.8 Å². The normalized spacial score (nSPS) is 39.5. The van der Waals surface area contributed by atoms with Gasteiger partial charge < -0.3 is 4.74 Å². The van der Waals surface area contributed by atoms with Gasteiger partial charge >= 0.3 is 5.97 Å². The van der Waals surface area contributed by atoms with Gasteiger partial charge in [0.1, 0.15) is 11.9 Å². The molecule has 4 rings (SSSR count). The summed E-state index contributed by atoms with van der Waals surface area (Å²) in [6.07, 6.45) is 19.6. The zero-order valence-electron chi connectivity index (χ0n) is 20.2. The van der Waals surface area contributed by atoms with Crippen molar-refractivity contribution in [1.29, 1.82) is 0 Å². The lowest BCUT2D eigenvalue weighted by Crippen LogP contribution is -2.50. The minimum Gasteiger partial charge on any atom is -0.462 e. The molecule has 3 heteroatoms. The minimum absolute atomic E-state index is 0.0528. The number of fused-ring (bicyclic) bond motifs is 5. The summed E-state index contributed by atoms with van der Waals surface area (Å²) in [6, 6.07) is 0. The number of rotatable bonds is 9. The summed E-state index contributed by atoms with van der Waals surface area (Å²) in [5.41, 5.74) is 0.189. The second-order valence-corrected chi connectivity index (χ2v) is 11.7. The number of carbonyl (C=O) groups is 2. The molecule has 4 saturated carbocycles. The number of esters is 1. The Morgan fingerprint density at radius 1 is 0.903 bits per heavy atom. The van der Waals surface area contributed by atoms with Crippen molar-refractivity contribution < 1.29 is 14.3 Å². The fraction of sp³-hybridized carbons (Fsp3) is 0.929. The lowest BCUT2D eigenvalue weighted by molar-refractivity contribution is -0.160. The van der Waals surface area contributed by atoms with Crippen LogP contribution in [0.1, 0.15) is 123 Å². The Hall–Kier alpha value is -0.860. The van der Waals surface area contributed by atoms with Gasteiger partial charge in [-0.2, -0.15) is 0 Å². The van der Waals surface area contributed by atoms with Gasteiger partial charge in [-0.05, 0) is 81.0 Å². The van der Waals surface area contributed by atoms with E-state index in [1.54, 1.807) is 0 Å². The van der Waals surface area contributed by atoms with E-state index in [1.165, 1.54) is 64.2 Å². The number of ether oxygens (including phenoxy) is 1. The molecule has 176 valence electrons. The molecule has 0 spiro atoms. The van der Waals surface area contributed by atoms with Crippen LogP contribution in [0.3, 0.4) is 0 Å². The molecule has 0 radical (unpaired) electrons. The van der Waals surface area contributed by atoms with Crippen LogP contribution >= 0.6 is 0 Å². The van der Waals surface area contributed by atoms with Crippen LogP contribution in [0, 0.1) is 35.0 Å². The molecule has 0 unspecified atom stereocenters. The summed E-state index contributed by atoms with van der Waals surface area (Å²) in [7, 11) is 0. The van der Waals surface area contributed by atoms with Crippen LogP contribution in [0.2, 0.25) is 0 Å². The molecule has 0 N–H and O–H groups in total. The Labute approximate surface area is 190 Å². The zero-order valence-corrected chi connectivity index (χ0v) is 20.2. The second kappa shape index (κ2) is 10.4. The monoisotopic (exact) mass is 430 g/mol. The molecular formula is C28H46O3. The fourth-order valence-electron chi connectivity index (χ4n) is 8.25. The van der Waals surface area contributed by atoms with Gasteiger partial charge in [-0.15, -0.1) is 0 Å². The summed E-state index contributed by atoms with van der Waals surface area (Å²) in [6.45, 7) is 4.68. The molecule has 0 bridgehead atoms. The smallest absolute Gasteiger partial charge is 0.306 e. The summed E-state index contributed by atoms with van der Waals surface area (Å²) >= 11 is 0. The third kappa shape index (κ3) is 5.06. The van der Waals surface area contributed by atoms with E-state index >= 15 is 0 Å². The summed E-state index contributed by atoms with van der Waals surface area (Å²) in [5, 5.41) is 0. The van der Waals surface area contributed by atoms with E-state index in [-0.39, 0.29) is 17.5 Å². The van der Waals surface area contributed by atoms with Crippen LogP contribution in [0.25, 0.3) is 0 Å². The predicted molar refractivity (Wildman–Crippen MR) is 125 cm³/mol. The molecule has 0 saturated heterocycles. The molecule has 4 aliphatic rings. The van der Waals surface area contributed by atoms with Crippen molar-refractivity contribution in [1.82, 2.24) is 0 Å². The van der Waals surface area contributed by atoms with Crippen molar-refractivity contribution in [3.63, 3.8) is 0 Å². The van der Waals surface area contributed by atoms with Crippen LogP contribution in [0.5, 0.6) is 0 Å². The largest absolute Gasteiger partial charge is 0.462 e. The quantitative estimate of drug-likeness (QED) is 0.285. The van der Waals surface area contributed by atoms with E-state index in [0.717, 1.165) is 62.2 Å². The van der Waals surface area contributed by atoms with Crippen LogP contribution in [-0.2, 0) is 14.3 Å². The first kappa shape index (κ1) is 23.3. The first-order valence-corrected chi connectivity index (χ1v) is 13.7. The first-order chi connectivity index (χ1) is 15.0. The predicted octanol–water partition coefficient (Wildman–Crippen LogP) is 7.26. The lowest BCUT2D eigenvalue weighted by atomic mass is 9.50. The number of Topliss-reactive ketones (excluding diaryl/α,β-unsaturated/α-hetero) is 1. The first-order valence-electron chi connectivity index (χ1n) is 13.7. The molecule has 0 aliphatic heterocycles. The molecule has 0 aromatic rings. The SMILES string of the molecule is CCCCCCCCCC(=O)O[C@H]1CC[C@H]2[C@@H]3CC[C@H]4CC(=O)CC[C@@H]4[C@H]3CC[C@]12C. The van der Waals surface area contributed by atoms with Crippen LogP contribution in [-0.4, -0.2) is 17.9 Å². The fourth-order valence-corrected chi connectivity index (χ4v) is 8.25. The Bertz CT molecular complexity index is 628. The van der Waals surface area contributed by atoms with Gasteiger partial charge in [0.15, 0.2) is 0 Å².